The van der Waals surface area contributed by atoms with Crippen molar-refractivity contribution in [3.05, 3.63) is 46.1 Å². The molecule has 4 aliphatic rings. The molecule has 0 aliphatic carbocycles. The summed E-state index contributed by atoms with van der Waals surface area (Å²) in [5, 5.41) is 18.7. The van der Waals surface area contributed by atoms with E-state index in [1.165, 1.54) is 31.1 Å². The van der Waals surface area contributed by atoms with E-state index in [0.717, 1.165) is 36.9 Å². The highest BCUT2D eigenvalue weighted by Crippen LogP contribution is 2.42. The molecule has 0 radical (unpaired) electrons. The van der Waals surface area contributed by atoms with Gasteiger partial charge in [0.25, 0.3) is 5.91 Å². The maximum atomic E-state index is 14.2. The minimum absolute atomic E-state index is 0.0916. The number of amides is 1. The van der Waals surface area contributed by atoms with Gasteiger partial charge in [-0.2, -0.15) is 13.2 Å². The van der Waals surface area contributed by atoms with E-state index in [9.17, 15) is 27.9 Å². The summed E-state index contributed by atoms with van der Waals surface area (Å²) in [6, 6.07) is 4.08. The molecule has 4 heterocycles. The van der Waals surface area contributed by atoms with Crippen LogP contribution in [0.15, 0.2) is 40.0 Å². The van der Waals surface area contributed by atoms with Crippen LogP contribution in [0, 0.1) is 11.3 Å². The minimum Gasteiger partial charge on any atom is -0.493 e. The summed E-state index contributed by atoms with van der Waals surface area (Å²) in [5.74, 6) is -1.81. The van der Waals surface area contributed by atoms with E-state index in [0.29, 0.717) is 56.8 Å². The molecule has 2 unspecified atom stereocenters. The number of hydrogen-bond acceptors (Lipinski definition) is 10. The van der Waals surface area contributed by atoms with Gasteiger partial charge in [0.2, 0.25) is 0 Å². The standard InChI is InChI=1S/C33H45F3N6O5S/c1-32(2)10-4-11-41(20-32)19-26-28(22-6-7-25(47-15-5-14-46-3)23(16-22)33(34,35)36)39-31(48-26)40-29(43)24-17-38-27(18-37-24)42-12-8-21(9-13-42)30(44)45/h6-7,16-18,21,27,31,38-39H,4-5,8-15,19-20H2,1-3H3,(H,40,43)(H,44,45). The number of benzene rings is 1. The predicted octanol–water partition coefficient (Wildman–Crippen LogP) is 4.29. The Balaban J connectivity index is 1.29. The number of likely N-dealkylation sites (tertiary alicyclic amines) is 2. The fourth-order valence-corrected chi connectivity index (χ4v) is 7.69. The van der Waals surface area contributed by atoms with Gasteiger partial charge in [0.1, 0.15) is 17.6 Å². The second-order valence-corrected chi connectivity index (χ2v) is 14.6. The summed E-state index contributed by atoms with van der Waals surface area (Å²) >= 11 is 1.38. The number of aliphatic imine (C=N–C) groups is 1. The summed E-state index contributed by atoms with van der Waals surface area (Å²) in [5.41, 5.74) is -0.323. The molecule has 1 aromatic carbocycles. The van der Waals surface area contributed by atoms with Gasteiger partial charge < -0.3 is 30.5 Å². The maximum Gasteiger partial charge on any atom is 0.419 e. The van der Waals surface area contributed by atoms with Gasteiger partial charge in [-0.1, -0.05) is 25.6 Å². The maximum absolute atomic E-state index is 14.2. The largest absolute Gasteiger partial charge is 0.493 e. The van der Waals surface area contributed by atoms with Crippen LogP contribution in [0.1, 0.15) is 57.1 Å². The molecule has 0 spiro atoms. The Morgan fingerprint density at radius 3 is 2.60 bits per heavy atom. The van der Waals surface area contributed by atoms with Gasteiger partial charge in [-0.15, -0.1) is 0 Å². The molecule has 1 aromatic rings. The number of methoxy groups -OCH3 is 1. The zero-order valence-corrected chi connectivity index (χ0v) is 28.4. The molecular formula is C33H45F3N6O5S. The first-order valence-electron chi connectivity index (χ1n) is 16.3. The monoisotopic (exact) mass is 694 g/mol. The number of halogens is 3. The number of thioether (sulfide) groups is 1. The van der Waals surface area contributed by atoms with Gasteiger partial charge in [-0.25, -0.2) is 0 Å². The lowest BCUT2D eigenvalue weighted by Crippen LogP contribution is -2.50. The number of carboxylic acid groups (broad SMARTS) is 1. The lowest BCUT2D eigenvalue weighted by Gasteiger charge is -2.38. The number of hydrogen-bond donors (Lipinski definition) is 4. The molecule has 0 saturated carbocycles. The van der Waals surface area contributed by atoms with Crippen molar-refractivity contribution in [3.63, 3.8) is 0 Å². The van der Waals surface area contributed by atoms with Crippen molar-refractivity contribution in [1.82, 2.24) is 25.8 Å². The first-order valence-corrected chi connectivity index (χ1v) is 17.2. The molecule has 15 heteroatoms. The topological polar surface area (TPSA) is 128 Å². The van der Waals surface area contributed by atoms with E-state index in [1.807, 2.05) is 0 Å². The normalized spacial score (nSPS) is 23.8. The van der Waals surface area contributed by atoms with Gasteiger partial charge in [-0.3, -0.25) is 24.4 Å². The van der Waals surface area contributed by atoms with Gasteiger partial charge in [0, 0.05) is 63.6 Å². The molecule has 4 N–H and O–H groups in total. The average molecular weight is 695 g/mol. The SMILES string of the molecule is COCCCOc1ccc(C2=C(CN3CCCC(C)(C)C3)SC(NC(=O)C3=CNC(N4CCC(C(=O)O)CC4)C=N3)N2)cc1C(F)(F)F. The molecule has 2 fully saturated rings. The van der Waals surface area contributed by atoms with Crippen LogP contribution in [0.25, 0.3) is 5.70 Å². The predicted molar refractivity (Wildman–Crippen MR) is 178 cm³/mol. The Labute approximate surface area is 283 Å². The van der Waals surface area contributed by atoms with Crippen molar-refractivity contribution in [1.29, 1.82) is 0 Å². The van der Waals surface area contributed by atoms with Gasteiger partial charge in [-0.05, 0) is 61.4 Å². The molecule has 0 aromatic heterocycles. The van der Waals surface area contributed by atoms with Crippen LogP contribution in [0.4, 0.5) is 13.2 Å². The van der Waals surface area contributed by atoms with Crippen molar-refractivity contribution >= 4 is 35.6 Å². The number of piperidine rings is 2. The van der Waals surface area contributed by atoms with Crippen molar-refractivity contribution in [2.24, 2.45) is 16.3 Å². The highest BCUT2D eigenvalue weighted by Gasteiger charge is 2.37. The fraction of sp³-hybridized carbons (Fsp3) is 0.606. The van der Waals surface area contributed by atoms with E-state index >= 15 is 0 Å². The highest BCUT2D eigenvalue weighted by molar-refractivity contribution is 8.04. The van der Waals surface area contributed by atoms with Crippen LogP contribution in [0.3, 0.4) is 0 Å². The van der Waals surface area contributed by atoms with Crippen molar-refractivity contribution < 1.29 is 37.3 Å². The molecule has 11 nitrogen and oxygen atoms in total. The Bertz CT molecular complexity index is 1430. The zero-order chi connectivity index (χ0) is 34.5. The number of carboxylic acids is 1. The fourth-order valence-electron chi connectivity index (χ4n) is 6.51. The first kappa shape index (κ1) is 36.0. The number of aliphatic carboxylic acids is 1. The van der Waals surface area contributed by atoms with Crippen molar-refractivity contribution in [3.8, 4) is 5.75 Å². The molecule has 5 rings (SSSR count). The quantitative estimate of drug-likeness (QED) is 0.236. The number of carbonyl (C=O) groups is 2. The lowest BCUT2D eigenvalue weighted by molar-refractivity contribution is -0.143. The third-order valence-corrected chi connectivity index (χ3v) is 10.1. The lowest BCUT2D eigenvalue weighted by atomic mass is 9.84. The zero-order valence-electron chi connectivity index (χ0n) is 27.6. The summed E-state index contributed by atoms with van der Waals surface area (Å²) in [6.45, 7) is 8.36. The summed E-state index contributed by atoms with van der Waals surface area (Å²) in [7, 11) is 1.52. The molecule has 1 amide bonds. The summed E-state index contributed by atoms with van der Waals surface area (Å²) in [4.78, 5) is 34.2. The Hall–Kier alpha value is -3.27. The number of ether oxygens (including phenoxy) is 2. The number of alkyl halides is 3. The van der Waals surface area contributed by atoms with E-state index in [4.69, 9.17) is 9.47 Å². The van der Waals surface area contributed by atoms with Crippen LogP contribution in [0.2, 0.25) is 0 Å². The van der Waals surface area contributed by atoms with Crippen LogP contribution in [-0.2, 0) is 20.5 Å². The van der Waals surface area contributed by atoms with Gasteiger partial charge in [0.15, 0.2) is 5.50 Å². The molecule has 264 valence electrons. The number of nitrogens with zero attached hydrogens (tertiary/aromatic N) is 3. The Morgan fingerprint density at radius 2 is 1.96 bits per heavy atom. The Morgan fingerprint density at radius 1 is 1.19 bits per heavy atom. The third-order valence-electron chi connectivity index (χ3n) is 9.00. The molecule has 2 atom stereocenters. The average Bonchev–Trinajstić information content (AvgIpc) is 3.43. The molecule has 48 heavy (non-hydrogen) atoms. The van der Waals surface area contributed by atoms with Gasteiger partial charge >= 0.3 is 12.1 Å². The second kappa shape index (κ2) is 15.5. The molecule has 4 aliphatic heterocycles. The molecule has 2 saturated heterocycles. The van der Waals surface area contributed by atoms with Crippen LogP contribution < -0.4 is 20.7 Å². The van der Waals surface area contributed by atoms with E-state index in [-0.39, 0.29) is 35.6 Å². The molecule has 0 bridgehead atoms. The van der Waals surface area contributed by atoms with Gasteiger partial charge in [0.05, 0.1) is 23.8 Å². The number of rotatable bonds is 12. The number of carbonyl (C=O) groups excluding carboxylic acids is 1. The van der Waals surface area contributed by atoms with Crippen LogP contribution >= 0.6 is 11.8 Å². The van der Waals surface area contributed by atoms with E-state index < -0.39 is 29.1 Å². The van der Waals surface area contributed by atoms with E-state index in [1.54, 1.807) is 12.3 Å². The van der Waals surface area contributed by atoms with Crippen molar-refractivity contribution in [2.45, 2.75) is 63.8 Å². The molecular weight excluding hydrogens is 649 g/mol. The minimum atomic E-state index is -4.63. The van der Waals surface area contributed by atoms with Crippen molar-refractivity contribution in [2.75, 3.05) is 53.0 Å². The second-order valence-electron chi connectivity index (χ2n) is 13.4. The highest BCUT2D eigenvalue weighted by atomic mass is 32.2. The first-order chi connectivity index (χ1) is 22.8. The summed E-state index contributed by atoms with van der Waals surface area (Å²) in [6.07, 6.45) is 1.97. The Kier molecular flexibility index (Phi) is 11.6. The van der Waals surface area contributed by atoms with Crippen LogP contribution in [-0.4, -0.2) is 97.7 Å². The van der Waals surface area contributed by atoms with E-state index in [2.05, 4.69) is 44.6 Å². The summed E-state index contributed by atoms with van der Waals surface area (Å²) < 4.78 is 53.2. The van der Waals surface area contributed by atoms with Crippen LogP contribution in [0.5, 0.6) is 5.75 Å². The number of nitrogens with one attached hydrogen (secondary N) is 3. The smallest absolute Gasteiger partial charge is 0.419 e. The third kappa shape index (κ3) is 9.24.